The lowest BCUT2D eigenvalue weighted by molar-refractivity contribution is 0.0950. The number of nitrogens with one attached hydrogen (secondary N) is 1. The maximum atomic E-state index is 12.4. The number of hydrogen-bond donors (Lipinski definition) is 2. The minimum atomic E-state index is -0.261. The van der Waals surface area contributed by atoms with Crippen LogP contribution in [0.3, 0.4) is 0 Å². The number of methoxy groups -OCH3 is 1. The molecule has 7 heteroatoms. The van der Waals surface area contributed by atoms with Crippen LogP contribution >= 0.6 is 28.3 Å². The van der Waals surface area contributed by atoms with Gasteiger partial charge in [0.25, 0.3) is 5.91 Å². The van der Waals surface area contributed by atoms with Crippen LogP contribution in [0.25, 0.3) is 0 Å². The van der Waals surface area contributed by atoms with E-state index in [9.17, 15) is 4.79 Å². The van der Waals surface area contributed by atoms with Crippen LogP contribution in [0.1, 0.15) is 28.9 Å². The molecule has 2 aromatic rings. The highest BCUT2D eigenvalue weighted by Gasteiger charge is 2.16. The number of rotatable bonds is 7. The van der Waals surface area contributed by atoms with E-state index in [1.54, 1.807) is 12.1 Å². The first-order chi connectivity index (χ1) is 11.6. The highest BCUT2D eigenvalue weighted by molar-refractivity contribution is 9.10. The molecule has 2 rings (SSSR count). The van der Waals surface area contributed by atoms with Crippen molar-refractivity contribution in [2.24, 2.45) is 5.73 Å². The van der Waals surface area contributed by atoms with Crippen molar-refractivity contribution in [3.8, 4) is 11.5 Å². The molecule has 2 aromatic carbocycles. The second-order valence-electron chi connectivity index (χ2n) is 5.15. The Labute approximate surface area is 162 Å². The Morgan fingerprint density at radius 2 is 1.96 bits per heavy atom. The first-order valence-corrected chi connectivity index (χ1v) is 8.45. The zero-order chi connectivity index (χ0) is 17.5. The Bertz CT molecular complexity index is 698. The Morgan fingerprint density at radius 1 is 1.28 bits per heavy atom. The van der Waals surface area contributed by atoms with E-state index in [1.807, 2.05) is 37.3 Å². The van der Waals surface area contributed by atoms with Gasteiger partial charge in [-0.3, -0.25) is 4.79 Å². The Kier molecular flexibility index (Phi) is 8.75. The van der Waals surface area contributed by atoms with E-state index >= 15 is 0 Å². The van der Waals surface area contributed by atoms with E-state index in [4.69, 9.17) is 15.2 Å². The van der Waals surface area contributed by atoms with Crippen LogP contribution in [-0.4, -0.2) is 26.2 Å². The number of halogens is 2. The zero-order valence-corrected chi connectivity index (χ0v) is 16.5. The molecule has 1 unspecified atom stereocenters. The topological polar surface area (TPSA) is 73.6 Å². The summed E-state index contributed by atoms with van der Waals surface area (Å²) in [7, 11) is 1.54. The molecule has 1 atom stereocenters. The van der Waals surface area contributed by atoms with E-state index in [0.29, 0.717) is 34.7 Å². The van der Waals surface area contributed by atoms with Crippen molar-refractivity contribution in [2.75, 3.05) is 20.3 Å². The highest BCUT2D eigenvalue weighted by atomic mass is 79.9. The second kappa shape index (κ2) is 10.3. The molecule has 1 amide bonds. The molecule has 0 bridgehead atoms. The standard InChI is InChI=1S/C18H21BrN2O3.ClH/c1-3-24-17-14(19)9-13(10-16(17)23-2)18(22)21-11-15(20)12-7-5-4-6-8-12;/h4-10,15H,3,11,20H2,1-2H3,(H,21,22);1H. The smallest absolute Gasteiger partial charge is 0.251 e. The number of hydrogen-bond acceptors (Lipinski definition) is 4. The minimum Gasteiger partial charge on any atom is -0.493 e. The van der Waals surface area contributed by atoms with Gasteiger partial charge in [-0.1, -0.05) is 30.3 Å². The molecule has 136 valence electrons. The average molecular weight is 430 g/mol. The quantitative estimate of drug-likeness (QED) is 0.704. The predicted octanol–water partition coefficient (Wildman–Crippen LogP) is 3.71. The molecule has 0 aliphatic carbocycles. The summed E-state index contributed by atoms with van der Waals surface area (Å²) in [6, 6.07) is 12.7. The average Bonchev–Trinajstić information content (AvgIpc) is 2.61. The van der Waals surface area contributed by atoms with Gasteiger partial charge in [-0.25, -0.2) is 0 Å². The fourth-order valence-corrected chi connectivity index (χ4v) is 2.81. The predicted molar refractivity (Wildman–Crippen MR) is 105 cm³/mol. The molecule has 0 aliphatic rings. The van der Waals surface area contributed by atoms with Gasteiger partial charge >= 0.3 is 0 Å². The fourth-order valence-electron chi connectivity index (χ4n) is 2.26. The van der Waals surface area contributed by atoms with Crippen molar-refractivity contribution in [1.29, 1.82) is 0 Å². The molecule has 0 fully saturated rings. The molecule has 0 saturated carbocycles. The molecule has 0 aromatic heterocycles. The first kappa shape index (κ1) is 21.3. The fraction of sp³-hybridized carbons (Fsp3) is 0.278. The largest absolute Gasteiger partial charge is 0.493 e. The summed E-state index contributed by atoms with van der Waals surface area (Å²) >= 11 is 3.42. The summed E-state index contributed by atoms with van der Waals surface area (Å²) in [6.45, 7) is 2.74. The normalized spacial score (nSPS) is 11.2. The van der Waals surface area contributed by atoms with Gasteiger partial charge in [-0.05, 0) is 40.5 Å². The van der Waals surface area contributed by atoms with Gasteiger partial charge in [-0.15, -0.1) is 12.4 Å². The number of nitrogens with two attached hydrogens (primary N) is 1. The van der Waals surface area contributed by atoms with Crippen molar-refractivity contribution in [2.45, 2.75) is 13.0 Å². The lowest BCUT2D eigenvalue weighted by Crippen LogP contribution is -2.31. The van der Waals surface area contributed by atoms with Gasteiger partial charge in [0.15, 0.2) is 11.5 Å². The van der Waals surface area contributed by atoms with Crippen LogP contribution in [0.4, 0.5) is 0 Å². The van der Waals surface area contributed by atoms with Gasteiger partial charge < -0.3 is 20.5 Å². The van der Waals surface area contributed by atoms with Gasteiger partial charge in [0, 0.05) is 18.2 Å². The summed E-state index contributed by atoms with van der Waals surface area (Å²) in [5.41, 5.74) is 7.55. The number of carbonyl (C=O) groups is 1. The molecule has 0 aliphatic heterocycles. The van der Waals surface area contributed by atoms with E-state index < -0.39 is 0 Å². The maximum Gasteiger partial charge on any atom is 0.251 e. The molecule has 5 nitrogen and oxygen atoms in total. The van der Waals surface area contributed by atoms with E-state index in [0.717, 1.165) is 5.56 Å². The van der Waals surface area contributed by atoms with Crippen molar-refractivity contribution >= 4 is 34.2 Å². The van der Waals surface area contributed by atoms with E-state index in [2.05, 4.69) is 21.2 Å². The van der Waals surface area contributed by atoms with Crippen molar-refractivity contribution in [3.05, 3.63) is 58.1 Å². The molecule has 25 heavy (non-hydrogen) atoms. The Hall–Kier alpha value is -1.76. The van der Waals surface area contributed by atoms with Gasteiger partial charge in [0.05, 0.1) is 18.2 Å². The third kappa shape index (κ3) is 5.63. The van der Waals surface area contributed by atoms with Crippen LogP contribution in [0, 0.1) is 0 Å². The maximum absolute atomic E-state index is 12.4. The Balaban J connectivity index is 0.00000312. The molecule has 0 radical (unpaired) electrons. The summed E-state index contributed by atoms with van der Waals surface area (Å²) in [5.74, 6) is 0.865. The number of ether oxygens (including phenoxy) is 2. The van der Waals surface area contributed by atoms with Crippen LogP contribution in [0.2, 0.25) is 0 Å². The van der Waals surface area contributed by atoms with Crippen molar-refractivity contribution < 1.29 is 14.3 Å². The van der Waals surface area contributed by atoms with Crippen molar-refractivity contribution in [1.82, 2.24) is 5.32 Å². The van der Waals surface area contributed by atoms with Gasteiger partial charge in [0.2, 0.25) is 0 Å². The summed E-state index contributed by atoms with van der Waals surface area (Å²) in [4.78, 5) is 12.4. The molecular weight excluding hydrogens is 408 g/mol. The first-order valence-electron chi connectivity index (χ1n) is 7.65. The molecule has 0 saturated heterocycles. The van der Waals surface area contributed by atoms with Crippen LogP contribution in [0.5, 0.6) is 11.5 Å². The monoisotopic (exact) mass is 428 g/mol. The highest BCUT2D eigenvalue weighted by Crippen LogP contribution is 2.36. The summed E-state index contributed by atoms with van der Waals surface area (Å²) < 4.78 is 11.5. The lowest BCUT2D eigenvalue weighted by atomic mass is 10.1. The molecular formula is C18H22BrClN2O3. The lowest BCUT2D eigenvalue weighted by Gasteiger charge is -2.15. The SMILES string of the molecule is CCOc1c(Br)cc(C(=O)NCC(N)c2ccccc2)cc1OC.Cl. The number of benzene rings is 2. The van der Waals surface area contributed by atoms with Gasteiger partial charge in [0.1, 0.15) is 0 Å². The summed E-state index contributed by atoms with van der Waals surface area (Å²) in [6.07, 6.45) is 0. The van der Waals surface area contributed by atoms with Crippen LogP contribution in [-0.2, 0) is 0 Å². The molecule has 3 N–H and O–H groups in total. The van der Waals surface area contributed by atoms with Crippen LogP contribution < -0.4 is 20.5 Å². The van der Waals surface area contributed by atoms with E-state index in [1.165, 1.54) is 7.11 Å². The zero-order valence-electron chi connectivity index (χ0n) is 14.1. The molecule has 0 heterocycles. The second-order valence-corrected chi connectivity index (χ2v) is 6.00. The van der Waals surface area contributed by atoms with E-state index in [-0.39, 0.29) is 24.4 Å². The molecule has 0 spiro atoms. The Morgan fingerprint density at radius 3 is 2.56 bits per heavy atom. The summed E-state index contributed by atoms with van der Waals surface area (Å²) in [5, 5.41) is 2.85. The third-order valence-electron chi connectivity index (χ3n) is 3.49. The minimum absolute atomic E-state index is 0. The van der Waals surface area contributed by atoms with Gasteiger partial charge in [-0.2, -0.15) is 0 Å². The number of amides is 1. The third-order valence-corrected chi connectivity index (χ3v) is 4.08. The number of carbonyl (C=O) groups excluding carboxylic acids is 1. The van der Waals surface area contributed by atoms with Crippen LogP contribution in [0.15, 0.2) is 46.9 Å². The van der Waals surface area contributed by atoms with Crippen molar-refractivity contribution in [3.63, 3.8) is 0 Å².